The fourth-order valence-corrected chi connectivity index (χ4v) is 4.15. The average Bonchev–Trinajstić information content (AvgIpc) is 3.23. The summed E-state index contributed by atoms with van der Waals surface area (Å²) in [6.07, 6.45) is 0.272. The first-order chi connectivity index (χ1) is 14.3. The van der Waals surface area contributed by atoms with Gasteiger partial charge in [0.15, 0.2) is 11.5 Å². The summed E-state index contributed by atoms with van der Waals surface area (Å²) in [5, 5.41) is -0.0905. The molecule has 148 valence electrons. The third kappa shape index (κ3) is 5.31. The Hall–Kier alpha value is -2.96. The second-order valence-electron chi connectivity index (χ2n) is 6.54. The van der Waals surface area contributed by atoms with Gasteiger partial charge >= 0.3 is 0 Å². The molecular formula is C23H21NO4S. The number of ether oxygens (including phenoxy) is 2. The van der Waals surface area contributed by atoms with Crippen LogP contribution in [0.5, 0.6) is 11.5 Å². The van der Waals surface area contributed by atoms with Crippen molar-refractivity contribution in [3.63, 3.8) is 0 Å². The molecular weight excluding hydrogens is 386 g/mol. The van der Waals surface area contributed by atoms with Crippen LogP contribution in [0.4, 0.5) is 0 Å². The summed E-state index contributed by atoms with van der Waals surface area (Å²) in [5.74, 6) is 1.27. The summed E-state index contributed by atoms with van der Waals surface area (Å²) in [6.45, 7) is 0.552. The lowest BCUT2D eigenvalue weighted by molar-refractivity contribution is -0.134. The number of benzene rings is 3. The van der Waals surface area contributed by atoms with Gasteiger partial charge in [-0.25, -0.2) is 5.48 Å². The molecule has 0 fully saturated rings. The van der Waals surface area contributed by atoms with Crippen molar-refractivity contribution in [3.05, 3.63) is 90.0 Å². The Kier molecular flexibility index (Phi) is 6.34. The first-order valence-corrected chi connectivity index (χ1v) is 10.2. The normalized spacial score (nSPS) is 13.1. The van der Waals surface area contributed by atoms with Crippen LogP contribution in [0.3, 0.4) is 0 Å². The van der Waals surface area contributed by atoms with E-state index in [2.05, 4.69) is 5.48 Å². The van der Waals surface area contributed by atoms with E-state index in [1.165, 1.54) is 0 Å². The lowest BCUT2D eigenvalue weighted by atomic mass is 10.1. The zero-order chi connectivity index (χ0) is 19.9. The molecule has 1 amide bonds. The Labute approximate surface area is 173 Å². The lowest BCUT2D eigenvalue weighted by Gasteiger charge is -2.17. The molecule has 0 radical (unpaired) electrons. The Bertz CT molecular complexity index is 950. The molecule has 0 saturated carbocycles. The number of hydroxylamine groups is 1. The van der Waals surface area contributed by atoms with Gasteiger partial charge < -0.3 is 9.47 Å². The maximum absolute atomic E-state index is 12.5. The molecule has 0 spiro atoms. The van der Waals surface area contributed by atoms with Gasteiger partial charge in [-0.05, 0) is 35.4 Å². The van der Waals surface area contributed by atoms with E-state index in [-0.39, 0.29) is 24.4 Å². The third-order valence-corrected chi connectivity index (χ3v) is 5.70. The van der Waals surface area contributed by atoms with Gasteiger partial charge in [-0.3, -0.25) is 9.63 Å². The van der Waals surface area contributed by atoms with Crippen molar-refractivity contribution in [2.45, 2.75) is 23.2 Å². The van der Waals surface area contributed by atoms with Crippen molar-refractivity contribution in [1.82, 2.24) is 5.48 Å². The molecule has 6 heteroatoms. The molecule has 1 aliphatic heterocycles. The molecule has 1 unspecified atom stereocenters. The van der Waals surface area contributed by atoms with Crippen molar-refractivity contribution >= 4 is 17.7 Å². The summed E-state index contributed by atoms with van der Waals surface area (Å²) in [6, 6.07) is 25.6. The van der Waals surface area contributed by atoms with E-state index in [1.807, 2.05) is 78.9 Å². The molecule has 1 N–H and O–H groups in total. The zero-order valence-electron chi connectivity index (χ0n) is 15.7. The summed E-state index contributed by atoms with van der Waals surface area (Å²) >= 11 is 1.63. The van der Waals surface area contributed by atoms with Crippen molar-refractivity contribution in [2.24, 2.45) is 0 Å². The van der Waals surface area contributed by atoms with Crippen molar-refractivity contribution in [1.29, 1.82) is 0 Å². The number of thioether (sulfide) groups is 1. The predicted octanol–water partition coefficient (Wildman–Crippen LogP) is 4.89. The lowest BCUT2D eigenvalue weighted by Crippen LogP contribution is -2.24. The number of amides is 1. The van der Waals surface area contributed by atoms with Crippen LogP contribution < -0.4 is 15.0 Å². The monoisotopic (exact) mass is 407 g/mol. The third-order valence-electron chi connectivity index (χ3n) is 4.43. The minimum absolute atomic E-state index is 0.0905. The molecule has 5 nitrogen and oxygen atoms in total. The van der Waals surface area contributed by atoms with E-state index in [4.69, 9.17) is 14.3 Å². The molecule has 0 saturated heterocycles. The van der Waals surface area contributed by atoms with Crippen molar-refractivity contribution in [2.75, 3.05) is 6.79 Å². The fourth-order valence-electron chi connectivity index (χ4n) is 2.99. The molecule has 0 bridgehead atoms. The highest BCUT2D eigenvalue weighted by atomic mass is 32.2. The predicted molar refractivity (Wildman–Crippen MR) is 112 cm³/mol. The van der Waals surface area contributed by atoms with E-state index in [0.29, 0.717) is 12.4 Å². The van der Waals surface area contributed by atoms with Crippen LogP contribution in [0.15, 0.2) is 83.8 Å². The summed E-state index contributed by atoms with van der Waals surface area (Å²) in [4.78, 5) is 19.0. The van der Waals surface area contributed by atoms with Gasteiger partial charge in [-0.2, -0.15) is 0 Å². The van der Waals surface area contributed by atoms with E-state index < -0.39 is 0 Å². The standard InChI is InChI=1S/C23H21NO4S/c25-23(24-28-15-17-7-3-1-4-8-17)14-22(29-19-9-5-2-6-10-19)18-11-12-20-21(13-18)27-16-26-20/h1-13,22H,14-16H2,(H,24,25). The summed E-state index contributed by atoms with van der Waals surface area (Å²) < 4.78 is 10.9. The molecule has 29 heavy (non-hydrogen) atoms. The van der Waals surface area contributed by atoms with Gasteiger partial charge in [0.2, 0.25) is 12.7 Å². The zero-order valence-corrected chi connectivity index (χ0v) is 16.6. The number of hydrogen-bond donors (Lipinski definition) is 1. The van der Waals surface area contributed by atoms with Crippen LogP contribution in [-0.2, 0) is 16.2 Å². The largest absolute Gasteiger partial charge is 0.454 e. The molecule has 1 atom stereocenters. The fraction of sp³-hybridized carbons (Fsp3) is 0.174. The second-order valence-corrected chi connectivity index (χ2v) is 7.81. The maximum Gasteiger partial charge on any atom is 0.245 e. The minimum atomic E-state index is -0.174. The highest BCUT2D eigenvalue weighted by molar-refractivity contribution is 7.99. The Morgan fingerprint density at radius 1 is 0.966 bits per heavy atom. The van der Waals surface area contributed by atoms with Crippen molar-refractivity contribution < 1.29 is 19.1 Å². The van der Waals surface area contributed by atoms with Gasteiger partial charge in [-0.1, -0.05) is 54.6 Å². The molecule has 0 aliphatic carbocycles. The Morgan fingerprint density at radius 2 is 1.69 bits per heavy atom. The number of hydrogen-bond acceptors (Lipinski definition) is 5. The second kappa shape index (κ2) is 9.49. The molecule has 4 rings (SSSR count). The Balaban J connectivity index is 1.42. The van der Waals surface area contributed by atoms with Crippen LogP contribution in [-0.4, -0.2) is 12.7 Å². The molecule has 1 heterocycles. The van der Waals surface area contributed by atoms with Crippen LogP contribution in [0.1, 0.15) is 22.8 Å². The van der Waals surface area contributed by atoms with Crippen LogP contribution >= 0.6 is 11.8 Å². The average molecular weight is 407 g/mol. The quantitative estimate of drug-likeness (QED) is 0.426. The van der Waals surface area contributed by atoms with Gasteiger partial charge in [0.05, 0.1) is 6.61 Å². The minimum Gasteiger partial charge on any atom is -0.454 e. The Morgan fingerprint density at radius 3 is 2.48 bits per heavy atom. The van der Waals surface area contributed by atoms with Gasteiger partial charge in [0.25, 0.3) is 0 Å². The summed E-state index contributed by atoms with van der Waals surface area (Å²) in [5.41, 5.74) is 4.56. The van der Waals surface area contributed by atoms with Gasteiger partial charge in [0.1, 0.15) is 0 Å². The molecule has 0 aromatic heterocycles. The molecule has 3 aromatic carbocycles. The number of carbonyl (C=O) groups excluding carboxylic acids is 1. The first-order valence-electron chi connectivity index (χ1n) is 9.34. The van der Waals surface area contributed by atoms with Crippen LogP contribution in [0.25, 0.3) is 0 Å². The molecule has 3 aromatic rings. The van der Waals surface area contributed by atoms with E-state index in [1.54, 1.807) is 11.8 Å². The van der Waals surface area contributed by atoms with E-state index >= 15 is 0 Å². The number of rotatable bonds is 8. The number of fused-ring (bicyclic) bond motifs is 1. The van der Waals surface area contributed by atoms with Crippen LogP contribution in [0, 0.1) is 0 Å². The van der Waals surface area contributed by atoms with Crippen LogP contribution in [0.2, 0.25) is 0 Å². The maximum atomic E-state index is 12.5. The summed E-state index contributed by atoms with van der Waals surface area (Å²) in [7, 11) is 0. The number of carbonyl (C=O) groups is 1. The van der Waals surface area contributed by atoms with Gasteiger partial charge in [0, 0.05) is 16.6 Å². The number of nitrogens with one attached hydrogen (secondary N) is 1. The highest BCUT2D eigenvalue weighted by Gasteiger charge is 2.21. The van der Waals surface area contributed by atoms with Crippen molar-refractivity contribution in [3.8, 4) is 11.5 Å². The first kappa shape index (κ1) is 19.4. The van der Waals surface area contributed by atoms with E-state index in [9.17, 15) is 4.79 Å². The SMILES string of the molecule is O=C(CC(Sc1ccccc1)c1ccc2c(c1)OCO2)NOCc1ccccc1. The van der Waals surface area contributed by atoms with E-state index in [0.717, 1.165) is 21.8 Å². The smallest absolute Gasteiger partial charge is 0.245 e. The van der Waals surface area contributed by atoms with Gasteiger partial charge in [-0.15, -0.1) is 11.8 Å². The molecule has 1 aliphatic rings. The highest BCUT2D eigenvalue weighted by Crippen LogP contribution is 2.42. The topological polar surface area (TPSA) is 56.8 Å².